The predicted octanol–water partition coefficient (Wildman–Crippen LogP) is 3.70. The molecular weight excluding hydrogens is 347 g/mol. The third kappa shape index (κ3) is 3.68. The molecule has 0 atom stereocenters. The van der Waals surface area contributed by atoms with Crippen LogP contribution in [-0.4, -0.2) is 38.3 Å². The number of nitrogens with one attached hydrogen (secondary N) is 1. The summed E-state index contributed by atoms with van der Waals surface area (Å²) in [6.07, 6.45) is 4.71. The number of ether oxygens (including phenoxy) is 1. The molecule has 7 heteroatoms. The number of imidazole rings is 1. The highest BCUT2D eigenvalue weighted by Gasteiger charge is 2.25. The quantitative estimate of drug-likeness (QED) is 0.734. The molecule has 1 fully saturated rings. The Hall–Kier alpha value is -2.80. The van der Waals surface area contributed by atoms with Gasteiger partial charge in [-0.15, -0.1) is 0 Å². The van der Waals surface area contributed by atoms with Crippen molar-refractivity contribution in [1.29, 1.82) is 0 Å². The van der Waals surface area contributed by atoms with E-state index in [9.17, 15) is 9.50 Å². The molecule has 1 aromatic carbocycles. The van der Waals surface area contributed by atoms with Crippen molar-refractivity contribution in [2.24, 2.45) is 0 Å². The molecule has 0 radical (unpaired) electrons. The number of aromatic amines is 1. The van der Waals surface area contributed by atoms with Gasteiger partial charge < -0.3 is 14.8 Å². The van der Waals surface area contributed by atoms with Crippen LogP contribution < -0.4 is 4.74 Å². The van der Waals surface area contributed by atoms with E-state index in [0.29, 0.717) is 5.69 Å². The summed E-state index contributed by atoms with van der Waals surface area (Å²) in [4.78, 5) is 16.7. The fourth-order valence-electron chi connectivity index (χ4n) is 3.51. The van der Waals surface area contributed by atoms with Crippen LogP contribution in [0.1, 0.15) is 37.4 Å². The van der Waals surface area contributed by atoms with Crippen molar-refractivity contribution in [3.05, 3.63) is 48.2 Å². The van der Waals surface area contributed by atoms with Gasteiger partial charge in [0.15, 0.2) is 0 Å². The van der Waals surface area contributed by atoms with Crippen molar-refractivity contribution < 1.29 is 14.2 Å². The molecule has 0 bridgehead atoms. The van der Waals surface area contributed by atoms with Crippen molar-refractivity contribution in [2.45, 2.75) is 37.7 Å². The molecule has 0 unspecified atom stereocenters. The Labute approximate surface area is 156 Å². The average Bonchev–Trinajstić information content (AvgIpc) is 3.14. The summed E-state index contributed by atoms with van der Waals surface area (Å²) in [6, 6.07) is 8.33. The molecule has 1 aliphatic rings. The van der Waals surface area contributed by atoms with E-state index in [-0.39, 0.29) is 23.8 Å². The fraction of sp³-hybridized carbons (Fsp3) is 0.350. The number of H-pyrrole nitrogens is 1. The Bertz CT molecular complexity index is 918. The standard InChI is InChI=1S/C20H21FN4O2/c1-27-20-22-11-10-16(23-20)18-17(12-2-6-14(21)7-3-12)24-19(25-18)13-4-8-15(26)9-5-13/h2-3,6-7,10-11,13,15,26H,4-5,8-9H2,1H3,(H,24,25)/t13-,15-. The third-order valence-corrected chi connectivity index (χ3v) is 5.00. The van der Waals surface area contributed by atoms with Crippen LogP contribution in [0.5, 0.6) is 6.01 Å². The highest BCUT2D eigenvalue weighted by molar-refractivity contribution is 5.76. The van der Waals surface area contributed by atoms with Gasteiger partial charge in [0.05, 0.1) is 30.3 Å². The maximum absolute atomic E-state index is 13.4. The molecule has 2 heterocycles. The summed E-state index contributed by atoms with van der Waals surface area (Å²) in [5, 5.41) is 9.78. The molecule has 0 spiro atoms. The molecular formula is C20H21FN4O2. The smallest absolute Gasteiger partial charge is 0.316 e. The van der Waals surface area contributed by atoms with Crippen LogP contribution in [0.2, 0.25) is 0 Å². The normalized spacial score (nSPS) is 19.8. The molecule has 0 aliphatic heterocycles. The van der Waals surface area contributed by atoms with E-state index in [2.05, 4.69) is 15.0 Å². The number of aliphatic hydroxyl groups excluding tert-OH is 1. The number of aliphatic hydroxyl groups is 1. The van der Waals surface area contributed by atoms with E-state index in [1.165, 1.54) is 19.2 Å². The molecule has 4 rings (SSSR count). The van der Waals surface area contributed by atoms with Gasteiger partial charge in [-0.2, -0.15) is 4.98 Å². The van der Waals surface area contributed by atoms with Crippen molar-refractivity contribution >= 4 is 0 Å². The lowest BCUT2D eigenvalue weighted by molar-refractivity contribution is 0.121. The van der Waals surface area contributed by atoms with Gasteiger partial charge in [-0.3, -0.25) is 0 Å². The first-order valence-corrected chi connectivity index (χ1v) is 9.05. The van der Waals surface area contributed by atoms with Gasteiger partial charge in [0.1, 0.15) is 11.6 Å². The Kier molecular flexibility index (Phi) is 4.85. The average molecular weight is 368 g/mol. The predicted molar refractivity (Wildman–Crippen MR) is 98.8 cm³/mol. The molecule has 3 aromatic rings. The van der Waals surface area contributed by atoms with Crippen LogP contribution in [0.15, 0.2) is 36.5 Å². The number of halogens is 1. The van der Waals surface area contributed by atoms with Crippen LogP contribution in [0, 0.1) is 5.82 Å². The second-order valence-corrected chi connectivity index (χ2v) is 6.79. The molecule has 0 saturated heterocycles. The summed E-state index contributed by atoms with van der Waals surface area (Å²) in [5.41, 5.74) is 2.94. The molecule has 2 N–H and O–H groups in total. The Morgan fingerprint density at radius 2 is 1.81 bits per heavy atom. The maximum atomic E-state index is 13.4. The first-order valence-electron chi connectivity index (χ1n) is 9.05. The lowest BCUT2D eigenvalue weighted by Crippen LogP contribution is -2.17. The lowest BCUT2D eigenvalue weighted by Gasteiger charge is -2.23. The first-order chi connectivity index (χ1) is 13.1. The van der Waals surface area contributed by atoms with Gasteiger partial charge in [0, 0.05) is 17.7 Å². The SMILES string of the molecule is COc1nccc(-c2[nH]c([C@H]3CC[C@H](O)CC3)nc2-c2ccc(F)cc2)n1. The highest BCUT2D eigenvalue weighted by atomic mass is 19.1. The van der Waals surface area contributed by atoms with Crippen LogP contribution in [-0.2, 0) is 0 Å². The zero-order chi connectivity index (χ0) is 18.8. The van der Waals surface area contributed by atoms with E-state index in [1.54, 1.807) is 24.4 Å². The monoisotopic (exact) mass is 368 g/mol. The van der Waals surface area contributed by atoms with Gasteiger partial charge in [-0.25, -0.2) is 14.4 Å². The summed E-state index contributed by atoms with van der Waals surface area (Å²) in [6.45, 7) is 0. The van der Waals surface area contributed by atoms with Gasteiger partial charge >= 0.3 is 6.01 Å². The number of rotatable bonds is 4. The van der Waals surface area contributed by atoms with Crippen molar-refractivity contribution in [3.63, 3.8) is 0 Å². The molecule has 140 valence electrons. The minimum atomic E-state index is -0.291. The number of aromatic nitrogens is 4. The Morgan fingerprint density at radius 1 is 1.07 bits per heavy atom. The van der Waals surface area contributed by atoms with Crippen molar-refractivity contribution in [2.75, 3.05) is 7.11 Å². The van der Waals surface area contributed by atoms with Crippen LogP contribution >= 0.6 is 0 Å². The second-order valence-electron chi connectivity index (χ2n) is 6.79. The lowest BCUT2D eigenvalue weighted by atomic mass is 9.87. The number of hydrogen-bond donors (Lipinski definition) is 2. The van der Waals surface area contributed by atoms with Gasteiger partial charge in [-0.05, 0) is 56.0 Å². The Balaban J connectivity index is 1.78. The van der Waals surface area contributed by atoms with E-state index in [4.69, 9.17) is 9.72 Å². The number of nitrogens with zero attached hydrogens (tertiary/aromatic N) is 3. The molecule has 2 aromatic heterocycles. The van der Waals surface area contributed by atoms with Crippen molar-refractivity contribution in [1.82, 2.24) is 19.9 Å². The van der Waals surface area contributed by atoms with Gasteiger partial charge in [0.2, 0.25) is 0 Å². The maximum Gasteiger partial charge on any atom is 0.316 e. The third-order valence-electron chi connectivity index (χ3n) is 5.00. The minimum Gasteiger partial charge on any atom is -0.467 e. The molecule has 1 saturated carbocycles. The molecule has 6 nitrogen and oxygen atoms in total. The zero-order valence-corrected chi connectivity index (χ0v) is 15.0. The zero-order valence-electron chi connectivity index (χ0n) is 15.0. The minimum absolute atomic E-state index is 0.224. The van der Waals surface area contributed by atoms with Crippen LogP contribution in [0.3, 0.4) is 0 Å². The number of methoxy groups -OCH3 is 1. The van der Waals surface area contributed by atoms with Gasteiger partial charge in [0.25, 0.3) is 0 Å². The molecule has 1 aliphatic carbocycles. The topological polar surface area (TPSA) is 83.9 Å². The summed E-state index contributed by atoms with van der Waals surface area (Å²) < 4.78 is 18.5. The van der Waals surface area contributed by atoms with E-state index < -0.39 is 0 Å². The summed E-state index contributed by atoms with van der Waals surface area (Å²) in [5.74, 6) is 0.833. The Morgan fingerprint density at radius 3 is 2.52 bits per heavy atom. The van der Waals surface area contributed by atoms with E-state index in [0.717, 1.165) is 48.5 Å². The first kappa shape index (κ1) is 17.6. The second kappa shape index (κ2) is 7.44. The fourth-order valence-corrected chi connectivity index (χ4v) is 3.51. The van der Waals surface area contributed by atoms with Gasteiger partial charge in [-0.1, -0.05) is 0 Å². The number of hydrogen-bond acceptors (Lipinski definition) is 5. The largest absolute Gasteiger partial charge is 0.467 e. The summed E-state index contributed by atoms with van der Waals surface area (Å²) >= 11 is 0. The summed E-state index contributed by atoms with van der Waals surface area (Å²) in [7, 11) is 1.52. The van der Waals surface area contributed by atoms with Crippen LogP contribution in [0.4, 0.5) is 4.39 Å². The van der Waals surface area contributed by atoms with E-state index in [1.807, 2.05) is 0 Å². The highest BCUT2D eigenvalue weighted by Crippen LogP contribution is 2.36. The molecule has 27 heavy (non-hydrogen) atoms. The molecule has 0 amide bonds. The van der Waals surface area contributed by atoms with Crippen molar-refractivity contribution in [3.8, 4) is 28.7 Å². The van der Waals surface area contributed by atoms with Crippen LogP contribution in [0.25, 0.3) is 22.6 Å². The number of benzene rings is 1. The van der Waals surface area contributed by atoms with E-state index >= 15 is 0 Å².